The van der Waals surface area contributed by atoms with Crippen molar-refractivity contribution in [2.24, 2.45) is 0 Å². The van der Waals surface area contributed by atoms with Crippen molar-refractivity contribution in [3.05, 3.63) is 30.1 Å². The highest BCUT2D eigenvalue weighted by atomic mass is 19.4. The van der Waals surface area contributed by atoms with Gasteiger partial charge in [0.25, 0.3) is 0 Å². The molecule has 8 heteroatoms. The number of hydrogen-bond acceptors (Lipinski definition) is 1. The minimum absolute atomic E-state index is 0.487. The fourth-order valence-corrected chi connectivity index (χ4v) is 0.905. The van der Waals surface area contributed by atoms with E-state index < -0.39 is 29.5 Å². The Balaban J connectivity index is 2.87. The molecule has 1 amide bonds. The van der Waals surface area contributed by atoms with Gasteiger partial charge in [0.2, 0.25) is 0 Å². The van der Waals surface area contributed by atoms with Gasteiger partial charge < -0.3 is 5.32 Å². The van der Waals surface area contributed by atoms with Gasteiger partial charge >= 0.3 is 18.0 Å². The second-order valence-corrected chi connectivity index (χ2v) is 3.04. The number of rotatable bonds is 2. The van der Waals surface area contributed by atoms with E-state index in [9.17, 15) is 31.1 Å². The lowest BCUT2D eigenvalue weighted by atomic mass is 10.2. The Bertz CT molecular complexity index is 428. The maximum Gasteiger partial charge on any atom is 0.463 e. The van der Waals surface area contributed by atoms with Gasteiger partial charge in [0.15, 0.2) is 0 Å². The fraction of sp³-hybridized carbons (Fsp3) is 0.222. The third-order valence-corrected chi connectivity index (χ3v) is 1.72. The molecular formula is C9H5F6NO. The summed E-state index contributed by atoms with van der Waals surface area (Å²) < 4.78 is 72.9. The third-order valence-electron chi connectivity index (χ3n) is 1.72. The van der Waals surface area contributed by atoms with Crippen LogP contribution in [0.4, 0.5) is 32.0 Å². The minimum atomic E-state index is -6.00. The van der Waals surface area contributed by atoms with E-state index in [-0.39, 0.29) is 0 Å². The summed E-state index contributed by atoms with van der Waals surface area (Å²) in [5.41, 5.74) is -0.487. The summed E-state index contributed by atoms with van der Waals surface area (Å²) in [7, 11) is 0. The van der Waals surface area contributed by atoms with Crippen molar-refractivity contribution in [3.8, 4) is 0 Å². The first kappa shape index (κ1) is 13.3. The Morgan fingerprint density at radius 1 is 1.12 bits per heavy atom. The van der Waals surface area contributed by atoms with Crippen molar-refractivity contribution >= 4 is 11.6 Å². The number of benzene rings is 1. The van der Waals surface area contributed by atoms with Crippen molar-refractivity contribution in [1.82, 2.24) is 0 Å². The molecule has 1 aromatic rings. The number of carbonyl (C=O) groups is 1. The highest BCUT2D eigenvalue weighted by Crippen LogP contribution is 2.36. The first-order valence-corrected chi connectivity index (χ1v) is 4.16. The molecule has 1 rings (SSSR count). The van der Waals surface area contributed by atoms with E-state index in [0.717, 1.165) is 18.2 Å². The zero-order valence-corrected chi connectivity index (χ0v) is 7.99. The summed E-state index contributed by atoms with van der Waals surface area (Å²) >= 11 is 0. The molecule has 0 aliphatic carbocycles. The van der Waals surface area contributed by atoms with E-state index in [2.05, 4.69) is 0 Å². The zero-order valence-electron chi connectivity index (χ0n) is 7.99. The van der Waals surface area contributed by atoms with E-state index in [1.54, 1.807) is 0 Å². The lowest BCUT2D eigenvalue weighted by molar-refractivity contribution is -0.267. The number of alkyl halides is 5. The Morgan fingerprint density at radius 2 is 1.71 bits per heavy atom. The molecule has 0 saturated heterocycles. The second kappa shape index (κ2) is 4.27. The Kier molecular flexibility index (Phi) is 3.35. The summed E-state index contributed by atoms with van der Waals surface area (Å²) in [6.07, 6.45) is -6.00. The molecular weight excluding hydrogens is 252 g/mol. The number of halogens is 6. The molecule has 0 atom stereocenters. The van der Waals surface area contributed by atoms with Crippen molar-refractivity contribution in [2.75, 3.05) is 5.32 Å². The van der Waals surface area contributed by atoms with Gasteiger partial charge in [-0.25, -0.2) is 4.39 Å². The van der Waals surface area contributed by atoms with Crippen LogP contribution in [-0.4, -0.2) is 18.0 Å². The highest BCUT2D eigenvalue weighted by molar-refractivity contribution is 5.96. The first-order chi connectivity index (χ1) is 7.64. The van der Waals surface area contributed by atoms with Gasteiger partial charge in [0.1, 0.15) is 5.82 Å². The average molecular weight is 257 g/mol. The Labute approximate surface area is 91.2 Å². The van der Waals surface area contributed by atoms with Gasteiger partial charge in [-0.3, -0.25) is 4.79 Å². The van der Waals surface area contributed by atoms with Crippen LogP contribution in [0.2, 0.25) is 0 Å². The number of hydrogen-bond donors (Lipinski definition) is 1. The van der Waals surface area contributed by atoms with E-state index in [4.69, 9.17) is 0 Å². The molecule has 0 fully saturated rings. The van der Waals surface area contributed by atoms with Crippen molar-refractivity contribution in [1.29, 1.82) is 0 Å². The van der Waals surface area contributed by atoms with Gasteiger partial charge in [-0.2, -0.15) is 22.0 Å². The smallest absolute Gasteiger partial charge is 0.320 e. The largest absolute Gasteiger partial charge is 0.463 e. The highest BCUT2D eigenvalue weighted by Gasteiger charge is 2.63. The molecule has 0 bridgehead atoms. The number of anilines is 1. The van der Waals surface area contributed by atoms with Crippen LogP contribution in [0.15, 0.2) is 24.3 Å². The summed E-state index contributed by atoms with van der Waals surface area (Å²) in [6, 6.07) is 3.59. The molecule has 0 aliphatic rings. The van der Waals surface area contributed by atoms with Crippen LogP contribution in [0.3, 0.4) is 0 Å². The Morgan fingerprint density at radius 3 is 2.18 bits per heavy atom. The predicted molar refractivity (Wildman–Crippen MR) is 46.0 cm³/mol. The zero-order chi connectivity index (χ0) is 13.3. The molecule has 2 nitrogen and oxygen atoms in total. The van der Waals surface area contributed by atoms with Crippen LogP contribution in [-0.2, 0) is 4.79 Å². The van der Waals surface area contributed by atoms with E-state index >= 15 is 0 Å². The van der Waals surface area contributed by atoms with Crippen LogP contribution < -0.4 is 5.32 Å². The molecule has 0 saturated carbocycles. The van der Waals surface area contributed by atoms with E-state index in [0.29, 0.717) is 6.07 Å². The molecule has 0 spiro atoms. The molecule has 94 valence electrons. The van der Waals surface area contributed by atoms with Gasteiger partial charge in [-0.1, -0.05) is 6.07 Å². The van der Waals surface area contributed by atoms with Gasteiger partial charge in [-0.15, -0.1) is 0 Å². The SMILES string of the molecule is O=C(Nc1cccc(F)c1)C(F)(F)C(F)(F)F. The third kappa shape index (κ3) is 2.89. The summed E-state index contributed by atoms with van der Waals surface area (Å²) in [5.74, 6) is -8.96. The monoisotopic (exact) mass is 257 g/mol. The Hall–Kier alpha value is -1.73. The van der Waals surface area contributed by atoms with Crippen LogP contribution >= 0.6 is 0 Å². The van der Waals surface area contributed by atoms with Crippen LogP contribution in [0.1, 0.15) is 0 Å². The normalized spacial score (nSPS) is 12.4. The standard InChI is InChI=1S/C9H5F6NO/c10-5-2-1-3-6(4-5)16-7(17)8(11,12)9(13,14)15/h1-4H,(H,16,17). The van der Waals surface area contributed by atoms with Crippen LogP contribution in [0.25, 0.3) is 0 Å². The first-order valence-electron chi connectivity index (χ1n) is 4.16. The molecule has 0 aliphatic heterocycles. The van der Waals surface area contributed by atoms with Crippen molar-refractivity contribution in [3.63, 3.8) is 0 Å². The summed E-state index contributed by atoms with van der Waals surface area (Å²) in [6.45, 7) is 0. The van der Waals surface area contributed by atoms with Gasteiger partial charge in [0, 0.05) is 5.69 Å². The summed E-state index contributed by atoms with van der Waals surface area (Å²) in [4.78, 5) is 10.7. The topological polar surface area (TPSA) is 29.1 Å². The molecule has 0 heterocycles. The number of nitrogens with one attached hydrogen (secondary N) is 1. The van der Waals surface area contributed by atoms with Crippen LogP contribution in [0.5, 0.6) is 0 Å². The quantitative estimate of drug-likeness (QED) is 0.811. The summed E-state index contributed by atoms with van der Waals surface area (Å²) in [5, 5.41) is 1.28. The lowest BCUT2D eigenvalue weighted by Gasteiger charge is -2.18. The van der Waals surface area contributed by atoms with Gasteiger partial charge in [0.05, 0.1) is 0 Å². The molecule has 0 radical (unpaired) electrons. The maximum absolute atomic E-state index is 12.6. The maximum atomic E-state index is 12.6. The predicted octanol–water partition coefficient (Wildman–Crippen LogP) is 2.96. The number of amides is 1. The van der Waals surface area contributed by atoms with Crippen LogP contribution in [0, 0.1) is 5.82 Å². The van der Waals surface area contributed by atoms with Gasteiger partial charge in [-0.05, 0) is 18.2 Å². The number of carbonyl (C=O) groups excluding carboxylic acids is 1. The molecule has 1 N–H and O–H groups in total. The van der Waals surface area contributed by atoms with Crippen molar-refractivity contribution < 1.29 is 31.1 Å². The van der Waals surface area contributed by atoms with E-state index in [1.165, 1.54) is 5.32 Å². The van der Waals surface area contributed by atoms with E-state index in [1.807, 2.05) is 0 Å². The molecule has 1 aromatic carbocycles. The molecule has 0 aromatic heterocycles. The average Bonchev–Trinajstić information content (AvgIpc) is 2.15. The minimum Gasteiger partial charge on any atom is -0.320 e. The van der Waals surface area contributed by atoms with Crippen molar-refractivity contribution in [2.45, 2.75) is 12.1 Å². The lowest BCUT2D eigenvalue weighted by Crippen LogP contribution is -2.47. The second-order valence-electron chi connectivity index (χ2n) is 3.04. The molecule has 17 heavy (non-hydrogen) atoms. The fourth-order valence-electron chi connectivity index (χ4n) is 0.905. The molecule has 0 unspecified atom stereocenters.